The maximum Gasteiger partial charge on any atom is 5.00 e. The first-order valence-corrected chi connectivity index (χ1v) is 0. The molecule has 0 aliphatic rings. The van der Waals surface area contributed by atoms with Crippen LogP contribution in [-0.4, -0.2) is 23.7 Å². The van der Waals surface area contributed by atoms with Gasteiger partial charge in [-0.25, -0.2) is 0 Å². The zero-order valence-electron chi connectivity index (χ0n) is 1.67. The molecule has 0 atom stereocenters. The maximum absolute atomic E-state index is 0. The van der Waals surface area contributed by atoms with Crippen LogP contribution in [0, 0.1) is 0 Å². The standard InChI is InChI=1S/Mo.Nb.O.Te/q+4;+5;-2;+2. The van der Waals surface area contributed by atoms with Crippen LogP contribution in [0.3, 0.4) is 0 Å². The van der Waals surface area contributed by atoms with Gasteiger partial charge in [-0.3, -0.25) is 0 Å². The van der Waals surface area contributed by atoms with Crippen LogP contribution in [0.1, 0.15) is 0 Å². The van der Waals surface area contributed by atoms with Crippen molar-refractivity contribution in [3.05, 3.63) is 0 Å². The predicted octanol–water partition coefficient (Wildman–Crippen LogP) is -0.505. The van der Waals surface area contributed by atoms with E-state index in [0.717, 1.165) is 0 Å². The van der Waals surface area contributed by atoms with Crippen molar-refractivity contribution in [3.8, 4) is 0 Å². The van der Waals surface area contributed by atoms with Crippen LogP contribution in [0.5, 0.6) is 0 Å². The molecule has 0 N–H and O–H groups in total. The molecule has 0 heterocycles. The largest absolute Gasteiger partial charge is 5.00 e. The van der Waals surface area contributed by atoms with Crippen molar-refractivity contribution in [3.63, 3.8) is 0 Å². The van der Waals surface area contributed by atoms with Gasteiger partial charge in [0.1, 0.15) is 0 Å². The van der Waals surface area contributed by atoms with Crippen molar-refractivity contribution in [1.82, 2.24) is 0 Å². The minimum absolute atomic E-state index is 0. The molecule has 14 valence electrons. The zero-order valence-corrected chi connectivity index (χ0v) is 8.21. The predicted molar refractivity (Wildman–Crippen MR) is 6.44 cm³/mol. The molecule has 0 rings (SSSR count). The van der Waals surface area contributed by atoms with E-state index >= 15 is 0 Å². The Morgan fingerprint density at radius 2 is 1.00 bits per heavy atom. The van der Waals surface area contributed by atoms with E-state index in [4.69, 9.17) is 0 Å². The second kappa shape index (κ2) is 19.1. The smallest absolute Gasteiger partial charge is 2.00 e. The summed E-state index contributed by atoms with van der Waals surface area (Å²) < 4.78 is 0. The van der Waals surface area contributed by atoms with E-state index in [1.54, 1.807) is 0 Å². The Morgan fingerprint density at radius 1 is 1.00 bits per heavy atom. The van der Waals surface area contributed by atoms with Crippen molar-refractivity contribution in [1.29, 1.82) is 0 Å². The average molecular weight is 332 g/mol. The Balaban J connectivity index is 0. The second-order valence-electron chi connectivity index (χ2n) is 0. The maximum atomic E-state index is 0. The van der Waals surface area contributed by atoms with Crippen LogP contribution in [0.25, 0.3) is 0 Å². The molecular weight excluding hydrogens is 332 g/mol. The Kier molecular flexibility index (Phi) is 166. The van der Waals surface area contributed by atoms with Crippen LogP contribution in [0.15, 0.2) is 0 Å². The summed E-state index contributed by atoms with van der Waals surface area (Å²) in [7, 11) is 0. The second-order valence-corrected chi connectivity index (χ2v) is 0. The molecule has 1 nitrogen and oxygen atoms in total. The third kappa shape index (κ3) is 8.90. The molecule has 0 aromatic carbocycles. The fourth-order valence-electron chi connectivity index (χ4n) is 0. The summed E-state index contributed by atoms with van der Waals surface area (Å²) in [4.78, 5) is 0. The van der Waals surface area contributed by atoms with Crippen LogP contribution in [0.2, 0.25) is 0 Å². The summed E-state index contributed by atoms with van der Waals surface area (Å²) in [5.74, 6) is 0. The monoisotopic (exact) mass is 337 g/mol. The summed E-state index contributed by atoms with van der Waals surface area (Å²) >= 11 is 0. The van der Waals surface area contributed by atoms with E-state index in [1.807, 2.05) is 0 Å². The molecule has 0 aromatic heterocycles. The van der Waals surface area contributed by atoms with E-state index in [1.165, 1.54) is 0 Å². The number of hydrogen-bond donors (Lipinski definition) is 0. The first-order valence-electron chi connectivity index (χ1n) is 0. The number of rotatable bonds is 0. The van der Waals surface area contributed by atoms with Crippen LogP contribution < -0.4 is 0 Å². The van der Waals surface area contributed by atoms with Crippen LogP contribution in [0.4, 0.5) is 0 Å². The molecule has 4 radical (unpaired) electrons. The molecule has 0 aromatic rings. The molecule has 0 bridgehead atoms. The van der Waals surface area contributed by atoms with Gasteiger partial charge in [-0.2, -0.15) is 0 Å². The third-order valence-corrected chi connectivity index (χ3v) is 0. The van der Waals surface area contributed by atoms with E-state index < -0.39 is 0 Å². The molecule has 4 heteroatoms. The van der Waals surface area contributed by atoms with Gasteiger partial charge < -0.3 is 5.48 Å². The van der Waals surface area contributed by atoms with Gasteiger partial charge >= 0.3 is 67.1 Å². The summed E-state index contributed by atoms with van der Waals surface area (Å²) in [6, 6.07) is 0. The van der Waals surface area contributed by atoms with Crippen LogP contribution >= 0.6 is 0 Å². The van der Waals surface area contributed by atoms with Crippen molar-refractivity contribution in [2.24, 2.45) is 0 Å². The topological polar surface area (TPSA) is 28.5 Å². The van der Waals surface area contributed by atoms with Crippen molar-refractivity contribution in [2.45, 2.75) is 0 Å². The molecule has 0 saturated carbocycles. The normalized spacial score (nSPS) is 0. The van der Waals surface area contributed by atoms with Crippen molar-refractivity contribution < 1.29 is 48.9 Å². The first kappa shape index (κ1) is 34.9. The first-order chi connectivity index (χ1) is 0. The molecule has 0 aliphatic carbocycles. The quantitative estimate of drug-likeness (QED) is 0.535. The van der Waals surface area contributed by atoms with Gasteiger partial charge in [-0.15, -0.1) is 0 Å². The SMILES string of the molecule is [Mo+4].[Nb+5].[O-2].[Te+2]. The van der Waals surface area contributed by atoms with Crippen molar-refractivity contribution >= 4 is 23.7 Å². The van der Waals surface area contributed by atoms with Gasteiger partial charge in [-0.1, -0.05) is 0 Å². The number of hydrogen-bond acceptors (Lipinski definition) is 0. The molecule has 0 saturated heterocycles. The Labute approximate surface area is 71.7 Å². The van der Waals surface area contributed by atoms with E-state index in [0.29, 0.717) is 0 Å². The molecule has 0 spiro atoms. The molecule has 0 fully saturated rings. The summed E-state index contributed by atoms with van der Waals surface area (Å²) in [6.07, 6.45) is 0. The van der Waals surface area contributed by atoms with Crippen LogP contribution in [-0.2, 0) is 48.9 Å². The van der Waals surface area contributed by atoms with Gasteiger partial charge in [0, 0.05) is 0 Å². The van der Waals surface area contributed by atoms with Gasteiger partial charge in [-0.05, 0) is 0 Å². The molecule has 0 unspecified atom stereocenters. The van der Waals surface area contributed by atoms with Gasteiger partial charge in [0.25, 0.3) is 0 Å². The summed E-state index contributed by atoms with van der Waals surface area (Å²) in [5.41, 5.74) is 0. The molecular formula is MoNbOTe+9. The van der Waals surface area contributed by atoms with Gasteiger partial charge in [0.05, 0.1) is 0 Å². The molecule has 4 heavy (non-hydrogen) atoms. The summed E-state index contributed by atoms with van der Waals surface area (Å²) in [6.45, 7) is 0. The Hall–Kier alpha value is 2.18. The fourth-order valence-corrected chi connectivity index (χ4v) is 0. The van der Waals surface area contributed by atoms with Gasteiger partial charge in [0.2, 0.25) is 0 Å². The minimum Gasteiger partial charge on any atom is -2.00 e. The van der Waals surface area contributed by atoms with Gasteiger partial charge in [0.15, 0.2) is 0 Å². The summed E-state index contributed by atoms with van der Waals surface area (Å²) in [5, 5.41) is 0. The van der Waals surface area contributed by atoms with E-state index in [2.05, 4.69) is 0 Å². The van der Waals surface area contributed by atoms with Crippen molar-refractivity contribution in [2.75, 3.05) is 0 Å². The van der Waals surface area contributed by atoms with E-state index in [-0.39, 0.29) is 72.6 Å². The minimum atomic E-state index is 0. The third-order valence-electron chi connectivity index (χ3n) is 0. The van der Waals surface area contributed by atoms with E-state index in [9.17, 15) is 0 Å². The Morgan fingerprint density at radius 3 is 1.00 bits per heavy atom. The Bertz CT molecular complexity index is 8.00. The molecule has 0 aliphatic heterocycles. The molecule has 0 amide bonds. The average Bonchev–Trinajstić information content (AvgIpc) is 0. The fraction of sp³-hybridized carbons (Fsp3) is 0. The zero-order chi connectivity index (χ0) is 0.